The number of ether oxygens (including phenoxy) is 1. The second-order valence-electron chi connectivity index (χ2n) is 7.22. The summed E-state index contributed by atoms with van der Waals surface area (Å²) in [6, 6.07) is 14.2. The van der Waals surface area contributed by atoms with Gasteiger partial charge < -0.3 is 19.9 Å². The van der Waals surface area contributed by atoms with Crippen LogP contribution in [-0.2, 0) is 0 Å². The molecular formula is C22H25N3O3. The Morgan fingerprint density at radius 3 is 2.29 bits per heavy atom. The van der Waals surface area contributed by atoms with Crippen molar-refractivity contribution in [3.05, 3.63) is 60.3 Å². The molecule has 0 spiro atoms. The quantitative estimate of drug-likeness (QED) is 0.652. The summed E-state index contributed by atoms with van der Waals surface area (Å²) in [6.07, 6.45) is 1.46. The van der Waals surface area contributed by atoms with Crippen LogP contribution in [0.4, 0.5) is 10.5 Å². The van der Waals surface area contributed by atoms with Crippen molar-refractivity contribution in [3.63, 3.8) is 0 Å². The number of H-pyrrole nitrogens is 1. The van der Waals surface area contributed by atoms with Gasteiger partial charge in [-0.15, -0.1) is 0 Å². The number of nitrogens with zero attached hydrogens (tertiary/aromatic N) is 1. The van der Waals surface area contributed by atoms with Crippen LogP contribution in [0.5, 0.6) is 5.75 Å². The third-order valence-corrected chi connectivity index (χ3v) is 4.46. The number of nitrogens with one attached hydrogen (secondary N) is 2. The zero-order valence-electron chi connectivity index (χ0n) is 16.5. The Bertz CT molecular complexity index is 966. The number of amides is 2. The lowest BCUT2D eigenvalue weighted by Gasteiger charge is -2.29. The fourth-order valence-electron chi connectivity index (χ4n) is 3.18. The number of rotatable bonds is 5. The molecule has 0 saturated carbocycles. The van der Waals surface area contributed by atoms with Crippen LogP contribution in [0.2, 0.25) is 0 Å². The largest absolute Gasteiger partial charge is 0.415 e. The van der Waals surface area contributed by atoms with E-state index in [1.165, 1.54) is 0 Å². The topological polar surface area (TPSA) is 74.4 Å². The second-order valence-corrected chi connectivity index (χ2v) is 7.22. The summed E-state index contributed by atoms with van der Waals surface area (Å²) in [5, 5.41) is 3.91. The smallest absolute Gasteiger partial charge is 0.410 e. The number of anilines is 1. The standard InChI is InChI=1S/C22H25N3O3/c1-14(2)25(15(3)4)22(27)28-19-8-5-16(6-9-19)21(26)24-18-7-10-20-17(13-18)11-12-23-20/h5-15,23H,1-4H3,(H,24,26). The number of aromatic amines is 1. The van der Waals surface area contributed by atoms with Crippen LogP contribution < -0.4 is 10.1 Å². The van der Waals surface area contributed by atoms with E-state index in [0.717, 1.165) is 16.6 Å². The Labute approximate surface area is 164 Å². The molecule has 2 aromatic carbocycles. The molecule has 0 aliphatic rings. The molecule has 0 bridgehead atoms. The Morgan fingerprint density at radius 2 is 1.64 bits per heavy atom. The van der Waals surface area contributed by atoms with E-state index in [-0.39, 0.29) is 18.0 Å². The van der Waals surface area contributed by atoms with E-state index in [2.05, 4.69) is 10.3 Å². The van der Waals surface area contributed by atoms with E-state index in [1.807, 2.05) is 58.2 Å². The van der Waals surface area contributed by atoms with Crippen molar-refractivity contribution in [2.45, 2.75) is 39.8 Å². The number of carbonyl (C=O) groups is 2. The van der Waals surface area contributed by atoms with Crippen LogP contribution in [0.25, 0.3) is 10.9 Å². The summed E-state index contributed by atoms with van der Waals surface area (Å²) in [6.45, 7) is 7.78. The minimum absolute atomic E-state index is 0.0370. The lowest BCUT2D eigenvalue weighted by atomic mass is 10.2. The van der Waals surface area contributed by atoms with Crippen molar-refractivity contribution in [1.82, 2.24) is 9.88 Å². The third-order valence-electron chi connectivity index (χ3n) is 4.46. The maximum Gasteiger partial charge on any atom is 0.415 e. The maximum atomic E-state index is 12.5. The average molecular weight is 379 g/mol. The molecule has 0 aliphatic carbocycles. The second kappa shape index (κ2) is 8.17. The Hall–Kier alpha value is -3.28. The molecule has 3 aromatic rings. The van der Waals surface area contributed by atoms with E-state index in [1.54, 1.807) is 29.2 Å². The van der Waals surface area contributed by atoms with Crippen LogP contribution in [0, 0.1) is 0 Å². The number of aromatic nitrogens is 1. The minimum atomic E-state index is -0.401. The Balaban J connectivity index is 1.66. The number of benzene rings is 2. The van der Waals surface area contributed by atoms with Gasteiger partial charge in [0.2, 0.25) is 0 Å². The Kier molecular flexibility index (Phi) is 5.68. The fourth-order valence-corrected chi connectivity index (χ4v) is 3.18. The normalized spacial score (nSPS) is 11.1. The highest BCUT2D eigenvalue weighted by Gasteiger charge is 2.22. The van der Waals surface area contributed by atoms with Gasteiger partial charge in [0.05, 0.1) is 0 Å². The van der Waals surface area contributed by atoms with Crippen molar-refractivity contribution in [1.29, 1.82) is 0 Å². The van der Waals surface area contributed by atoms with Gasteiger partial charge in [-0.25, -0.2) is 4.79 Å². The predicted octanol–water partition coefficient (Wildman–Crippen LogP) is 5.04. The summed E-state index contributed by atoms with van der Waals surface area (Å²) in [5.74, 6) is 0.181. The highest BCUT2D eigenvalue weighted by atomic mass is 16.6. The highest BCUT2D eigenvalue weighted by Crippen LogP contribution is 2.20. The van der Waals surface area contributed by atoms with E-state index in [4.69, 9.17) is 4.74 Å². The molecule has 146 valence electrons. The summed E-state index contributed by atoms with van der Waals surface area (Å²) in [7, 11) is 0. The zero-order valence-corrected chi connectivity index (χ0v) is 16.5. The molecule has 2 N–H and O–H groups in total. The lowest BCUT2D eigenvalue weighted by molar-refractivity contribution is 0.102. The van der Waals surface area contributed by atoms with E-state index in [9.17, 15) is 9.59 Å². The first-order valence-corrected chi connectivity index (χ1v) is 9.34. The van der Waals surface area contributed by atoms with Crippen molar-refractivity contribution in [3.8, 4) is 5.75 Å². The first kappa shape index (κ1) is 19.5. The lowest BCUT2D eigenvalue weighted by Crippen LogP contribution is -2.43. The fraction of sp³-hybridized carbons (Fsp3) is 0.273. The Morgan fingerprint density at radius 1 is 0.964 bits per heavy atom. The van der Waals surface area contributed by atoms with Gasteiger partial charge in [0, 0.05) is 40.4 Å². The molecule has 0 radical (unpaired) electrons. The first-order valence-electron chi connectivity index (χ1n) is 9.34. The number of hydrogen-bond acceptors (Lipinski definition) is 3. The van der Waals surface area contributed by atoms with E-state index < -0.39 is 6.09 Å². The molecule has 1 aromatic heterocycles. The summed E-state index contributed by atoms with van der Waals surface area (Å²) in [5.41, 5.74) is 2.22. The van der Waals surface area contributed by atoms with Gasteiger partial charge in [-0.2, -0.15) is 0 Å². The van der Waals surface area contributed by atoms with Crippen molar-refractivity contribution < 1.29 is 14.3 Å². The number of fused-ring (bicyclic) bond motifs is 1. The van der Waals surface area contributed by atoms with E-state index >= 15 is 0 Å². The van der Waals surface area contributed by atoms with Crippen molar-refractivity contribution in [2.24, 2.45) is 0 Å². The van der Waals surface area contributed by atoms with Gasteiger partial charge in [-0.3, -0.25) is 4.79 Å². The highest BCUT2D eigenvalue weighted by molar-refractivity contribution is 6.05. The van der Waals surface area contributed by atoms with Gasteiger partial charge in [-0.05, 0) is 76.2 Å². The summed E-state index contributed by atoms with van der Waals surface area (Å²) in [4.78, 5) is 29.6. The summed E-state index contributed by atoms with van der Waals surface area (Å²) < 4.78 is 5.44. The SMILES string of the molecule is CC(C)N(C(=O)Oc1ccc(C(=O)Nc2ccc3[nH]ccc3c2)cc1)C(C)C. The molecule has 0 aliphatic heterocycles. The van der Waals surface area contributed by atoms with Gasteiger partial charge in [0.15, 0.2) is 0 Å². The van der Waals surface area contributed by atoms with Crippen LogP contribution in [0.1, 0.15) is 38.1 Å². The molecular weight excluding hydrogens is 354 g/mol. The molecule has 6 nitrogen and oxygen atoms in total. The zero-order chi connectivity index (χ0) is 20.3. The third kappa shape index (κ3) is 4.34. The summed E-state index contributed by atoms with van der Waals surface area (Å²) >= 11 is 0. The van der Waals surface area contributed by atoms with Crippen molar-refractivity contribution >= 4 is 28.6 Å². The molecule has 1 heterocycles. The molecule has 6 heteroatoms. The van der Waals surface area contributed by atoms with Crippen LogP contribution in [0.15, 0.2) is 54.7 Å². The predicted molar refractivity (Wildman–Crippen MR) is 111 cm³/mol. The molecule has 0 atom stereocenters. The molecule has 0 saturated heterocycles. The molecule has 3 rings (SSSR count). The van der Waals surface area contributed by atoms with Gasteiger partial charge >= 0.3 is 6.09 Å². The van der Waals surface area contributed by atoms with Gasteiger partial charge in [-0.1, -0.05) is 0 Å². The molecule has 0 unspecified atom stereocenters. The molecule has 2 amide bonds. The average Bonchev–Trinajstić information content (AvgIpc) is 3.09. The first-order chi connectivity index (χ1) is 13.3. The molecule has 0 fully saturated rings. The maximum absolute atomic E-state index is 12.5. The monoisotopic (exact) mass is 379 g/mol. The van der Waals surface area contributed by atoms with Gasteiger partial charge in [0.25, 0.3) is 5.91 Å². The molecule has 28 heavy (non-hydrogen) atoms. The van der Waals surface area contributed by atoms with Crippen molar-refractivity contribution in [2.75, 3.05) is 5.32 Å². The van der Waals surface area contributed by atoms with Crippen LogP contribution >= 0.6 is 0 Å². The van der Waals surface area contributed by atoms with Crippen LogP contribution in [0.3, 0.4) is 0 Å². The van der Waals surface area contributed by atoms with E-state index in [0.29, 0.717) is 11.3 Å². The number of hydrogen-bond donors (Lipinski definition) is 2. The van der Waals surface area contributed by atoms with Gasteiger partial charge in [0.1, 0.15) is 5.75 Å². The number of carbonyl (C=O) groups excluding carboxylic acids is 2. The van der Waals surface area contributed by atoms with Crippen LogP contribution in [-0.4, -0.2) is 34.0 Å². The minimum Gasteiger partial charge on any atom is -0.410 e.